The summed E-state index contributed by atoms with van der Waals surface area (Å²) in [7, 11) is 1.67. The number of aryl methyl sites for hydroxylation is 1. The molecule has 2 aromatic carbocycles. The van der Waals surface area contributed by atoms with Gasteiger partial charge >= 0.3 is 0 Å². The maximum Gasteiger partial charge on any atom is 0.251 e. The standard InChI is InChI=1S/C21H27NO2/c1-15(2)11-12-22-21(23)19-8-7-18(16(3)13-19)14-17-5-9-20(24-4)10-6-17/h5-10,13,15H,11-12,14H2,1-4H3,(H,22,23). The predicted octanol–water partition coefficient (Wildman–Crippen LogP) is 4.37. The van der Waals surface area contributed by atoms with Gasteiger partial charge in [-0.15, -0.1) is 0 Å². The maximum absolute atomic E-state index is 12.2. The van der Waals surface area contributed by atoms with Gasteiger partial charge in [0, 0.05) is 12.1 Å². The van der Waals surface area contributed by atoms with Gasteiger partial charge in [0.2, 0.25) is 0 Å². The lowest BCUT2D eigenvalue weighted by Gasteiger charge is -2.11. The van der Waals surface area contributed by atoms with E-state index in [1.165, 1.54) is 11.1 Å². The highest BCUT2D eigenvalue weighted by molar-refractivity contribution is 5.94. The second-order valence-corrected chi connectivity index (χ2v) is 6.60. The molecule has 0 saturated carbocycles. The highest BCUT2D eigenvalue weighted by Gasteiger charge is 2.08. The summed E-state index contributed by atoms with van der Waals surface area (Å²) in [5, 5.41) is 2.99. The fourth-order valence-corrected chi connectivity index (χ4v) is 2.58. The molecule has 0 aromatic heterocycles. The van der Waals surface area contributed by atoms with Crippen LogP contribution in [-0.2, 0) is 6.42 Å². The van der Waals surface area contributed by atoms with Crippen molar-refractivity contribution in [2.45, 2.75) is 33.6 Å². The van der Waals surface area contributed by atoms with Gasteiger partial charge in [-0.2, -0.15) is 0 Å². The highest BCUT2D eigenvalue weighted by atomic mass is 16.5. The highest BCUT2D eigenvalue weighted by Crippen LogP contribution is 2.18. The molecule has 0 unspecified atom stereocenters. The Balaban J connectivity index is 2.01. The first-order valence-corrected chi connectivity index (χ1v) is 8.50. The van der Waals surface area contributed by atoms with E-state index in [-0.39, 0.29) is 5.91 Å². The molecule has 0 aliphatic rings. The largest absolute Gasteiger partial charge is 0.497 e. The summed E-state index contributed by atoms with van der Waals surface area (Å²) >= 11 is 0. The van der Waals surface area contributed by atoms with Gasteiger partial charge in [0.05, 0.1) is 7.11 Å². The Morgan fingerprint density at radius 3 is 2.42 bits per heavy atom. The topological polar surface area (TPSA) is 38.3 Å². The lowest BCUT2D eigenvalue weighted by Crippen LogP contribution is -2.25. The first kappa shape index (κ1) is 18.1. The Labute approximate surface area is 145 Å². The summed E-state index contributed by atoms with van der Waals surface area (Å²) in [6, 6.07) is 14.0. The van der Waals surface area contributed by atoms with Crippen LogP contribution in [0.25, 0.3) is 0 Å². The number of rotatable bonds is 7. The molecule has 0 aliphatic heterocycles. The van der Waals surface area contributed by atoms with Crippen LogP contribution in [0, 0.1) is 12.8 Å². The third-order valence-electron chi connectivity index (χ3n) is 4.17. The Morgan fingerprint density at radius 2 is 1.83 bits per heavy atom. The van der Waals surface area contributed by atoms with E-state index in [0.29, 0.717) is 5.92 Å². The van der Waals surface area contributed by atoms with Crippen molar-refractivity contribution in [1.29, 1.82) is 0 Å². The van der Waals surface area contributed by atoms with Crippen molar-refractivity contribution < 1.29 is 9.53 Å². The maximum atomic E-state index is 12.2. The molecule has 3 nitrogen and oxygen atoms in total. The lowest BCUT2D eigenvalue weighted by atomic mass is 9.98. The summed E-state index contributed by atoms with van der Waals surface area (Å²) in [5.74, 6) is 1.47. The normalized spacial score (nSPS) is 10.7. The van der Waals surface area contributed by atoms with Gasteiger partial charge < -0.3 is 10.1 Å². The van der Waals surface area contributed by atoms with Gasteiger partial charge in [0.25, 0.3) is 5.91 Å². The van der Waals surface area contributed by atoms with Gasteiger partial charge in [0.15, 0.2) is 0 Å². The Bertz CT molecular complexity index is 675. The van der Waals surface area contributed by atoms with E-state index in [0.717, 1.165) is 36.3 Å². The number of hydrogen-bond acceptors (Lipinski definition) is 2. The zero-order valence-corrected chi connectivity index (χ0v) is 15.1. The molecule has 24 heavy (non-hydrogen) atoms. The number of amides is 1. The third-order valence-corrected chi connectivity index (χ3v) is 4.17. The molecule has 0 atom stereocenters. The predicted molar refractivity (Wildman–Crippen MR) is 98.8 cm³/mol. The van der Waals surface area contributed by atoms with Crippen molar-refractivity contribution in [2.24, 2.45) is 5.92 Å². The third kappa shape index (κ3) is 5.12. The molecule has 0 bridgehead atoms. The van der Waals surface area contributed by atoms with Crippen LogP contribution in [0.4, 0.5) is 0 Å². The van der Waals surface area contributed by atoms with Crippen LogP contribution >= 0.6 is 0 Å². The number of hydrogen-bond donors (Lipinski definition) is 1. The molecule has 2 aromatic rings. The van der Waals surface area contributed by atoms with Crippen LogP contribution in [0.5, 0.6) is 5.75 Å². The van der Waals surface area contributed by atoms with E-state index < -0.39 is 0 Å². The average Bonchev–Trinajstić information content (AvgIpc) is 2.57. The number of benzene rings is 2. The van der Waals surface area contributed by atoms with Gasteiger partial charge in [-0.25, -0.2) is 0 Å². The van der Waals surface area contributed by atoms with Crippen molar-refractivity contribution in [3.63, 3.8) is 0 Å². The van der Waals surface area contributed by atoms with Crippen LogP contribution in [0.2, 0.25) is 0 Å². The second kappa shape index (κ2) is 8.53. The first-order valence-electron chi connectivity index (χ1n) is 8.50. The molecule has 1 amide bonds. The van der Waals surface area contributed by atoms with E-state index in [1.807, 2.05) is 24.3 Å². The van der Waals surface area contributed by atoms with E-state index in [2.05, 4.69) is 44.3 Å². The van der Waals surface area contributed by atoms with Crippen molar-refractivity contribution >= 4 is 5.91 Å². The van der Waals surface area contributed by atoms with Crippen molar-refractivity contribution in [1.82, 2.24) is 5.32 Å². The summed E-state index contributed by atoms with van der Waals surface area (Å²) < 4.78 is 5.19. The molecule has 0 fully saturated rings. The summed E-state index contributed by atoms with van der Waals surface area (Å²) in [4.78, 5) is 12.2. The number of carbonyl (C=O) groups excluding carboxylic acids is 1. The molecule has 0 saturated heterocycles. The second-order valence-electron chi connectivity index (χ2n) is 6.60. The fraction of sp³-hybridized carbons (Fsp3) is 0.381. The molecule has 3 heteroatoms. The molecular formula is C21H27NO2. The zero-order chi connectivity index (χ0) is 17.5. The molecule has 128 valence electrons. The molecule has 0 aliphatic carbocycles. The zero-order valence-electron chi connectivity index (χ0n) is 15.1. The van der Waals surface area contributed by atoms with Crippen LogP contribution in [0.1, 0.15) is 47.3 Å². The molecule has 0 spiro atoms. The Hall–Kier alpha value is -2.29. The Morgan fingerprint density at radius 1 is 1.12 bits per heavy atom. The number of methoxy groups -OCH3 is 1. The quantitative estimate of drug-likeness (QED) is 0.821. The van der Waals surface area contributed by atoms with E-state index in [4.69, 9.17) is 4.74 Å². The van der Waals surface area contributed by atoms with Crippen molar-refractivity contribution in [2.75, 3.05) is 13.7 Å². The number of ether oxygens (including phenoxy) is 1. The minimum atomic E-state index is 0.00903. The van der Waals surface area contributed by atoms with E-state index >= 15 is 0 Å². The van der Waals surface area contributed by atoms with Crippen molar-refractivity contribution in [3.8, 4) is 5.75 Å². The summed E-state index contributed by atoms with van der Waals surface area (Å²) in [6.45, 7) is 7.10. The number of carbonyl (C=O) groups is 1. The smallest absolute Gasteiger partial charge is 0.251 e. The lowest BCUT2D eigenvalue weighted by molar-refractivity contribution is 0.0952. The molecule has 2 rings (SSSR count). The molecule has 1 N–H and O–H groups in total. The average molecular weight is 325 g/mol. The van der Waals surface area contributed by atoms with Gasteiger partial charge in [-0.3, -0.25) is 4.79 Å². The van der Waals surface area contributed by atoms with Crippen LogP contribution in [0.3, 0.4) is 0 Å². The molecule has 0 heterocycles. The Kier molecular flexibility index (Phi) is 6.42. The van der Waals surface area contributed by atoms with Gasteiger partial charge in [-0.1, -0.05) is 32.0 Å². The summed E-state index contributed by atoms with van der Waals surface area (Å²) in [5.41, 5.74) is 4.34. The fourth-order valence-electron chi connectivity index (χ4n) is 2.58. The molecular weight excluding hydrogens is 298 g/mol. The summed E-state index contributed by atoms with van der Waals surface area (Å²) in [6.07, 6.45) is 1.85. The first-order chi connectivity index (χ1) is 11.5. The van der Waals surface area contributed by atoms with Crippen LogP contribution in [0.15, 0.2) is 42.5 Å². The monoisotopic (exact) mass is 325 g/mol. The van der Waals surface area contributed by atoms with Crippen LogP contribution in [-0.4, -0.2) is 19.6 Å². The molecule has 0 radical (unpaired) electrons. The minimum Gasteiger partial charge on any atom is -0.497 e. The van der Waals surface area contributed by atoms with Gasteiger partial charge in [0.1, 0.15) is 5.75 Å². The SMILES string of the molecule is COc1ccc(Cc2ccc(C(=O)NCCC(C)C)cc2C)cc1. The number of nitrogens with one attached hydrogen (secondary N) is 1. The minimum absolute atomic E-state index is 0.00903. The van der Waals surface area contributed by atoms with Crippen molar-refractivity contribution in [3.05, 3.63) is 64.7 Å². The van der Waals surface area contributed by atoms with E-state index in [1.54, 1.807) is 7.11 Å². The van der Waals surface area contributed by atoms with E-state index in [9.17, 15) is 4.79 Å². The van der Waals surface area contributed by atoms with Gasteiger partial charge in [-0.05, 0) is 66.6 Å². The van der Waals surface area contributed by atoms with Crippen LogP contribution < -0.4 is 10.1 Å².